The normalized spacial score (nSPS) is 10.8. The van der Waals surface area contributed by atoms with Gasteiger partial charge >= 0.3 is 6.09 Å². The van der Waals surface area contributed by atoms with Crippen molar-refractivity contribution < 1.29 is 9.53 Å². The van der Waals surface area contributed by atoms with Crippen molar-refractivity contribution in [1.82, 2.24) is 10.3 Å². The molecule has 0 saturated heterocycles. The van der Waals surface area contributed by atoms with E-state index in [1.165, 1.54) is 5.56 Å². The molecule has 0 radical (unpaired) electrons. The Labute approximate surface area is 143 Å². The first-order valence-electron chi connectivity index (χ1n) is 7.39. The van der Waals surface area contributed by atoms with E-state index in [4.69, 9.17) is 16.3 Å². The van der Waals surface area contributed by atoms with Crippen molar-refractivity contribution in [2.45, 2.75) is 12.8 Å². The molecule has 0 bridgehead atoms. The summed E-state index contributed by atoms with van der Waals surface area (Å²) in [6.45, 7) is 0.919. The van der Waals surface area contributed by atoms with Crippen LogP contribution in [0.5, 0.6) is 0 Å². The van der Waals surface area contributed by atoms with Gasteiger partial charge in [0.05, 0.1) is 6.61 Å². The number of H-pyrrole nitrogens is 1. The zero-order valence-electron chi connectivity index (χ0n) is 12.5. The minimum Gasteiger partial charge on any atom is -0.449 e. The molecule has 0 aliphatic heterocycles. The van der Waals surface area contributed by atoms with Gasteiger partial charge in [0.15, 0.2) is 0 Å². The van der Waals surface area contributed by atoms with Crippen LogP contribution < -0.4 is 5.32 Å². The Bertz CT molecular complexity index is 783. The molecule has 0 saturated carbocycles. The standard InChI is InChI=1S/C17H17ClN2O2S/c18-14-1-2-16-15(9-14)13(10-20-16)3-6-19-17(21)22-7-4-12-5-8-23-11-12/h1-2,5,8-11,20H,3-4,6-7H2,(H,19,21). The molecule has 0 atom stereocenters. The number of hydrogen-bond donors (Lipinski definition) is 2. The van der Waals surface area contributed by atoms with Gasteiger partial charge in [0.1, 0.15) is 0 Å². The highest BCUT2D eigenvalue weighted by Crippen LogP contribution is 2.22. The highest BCUT2D eigenvalue weighted by Gasteiger charge is 2.06. The molecule has 0 fully saturated rings. The van der Waals surface area contributed by atoms with E-state index in [2.05, 4.69) is 15.7 Å². The van der Waals surface area contributed by atoms with E-state index in [-0.39, 0.29) is 6.09 Å². The monoisotopic (exact) mass is 348 g/mol. The van der Waals surface area contributed by atoms with Crippen molar-refractivity contribution in [3.63, 3.8) is 0 Å². The Kier molecular flexibility index (Phi) is 5.20. The molecule has 23 heavy (non-hydrogen) atoms. The summed E-state index contributed by atoms with van der Waals surface area (Å²) in [4.78, 5) is 14.9. The number of benzene rings is 1. The molecule has 6 heteroatoms. The fourth-order valence-corrected chi connectivity index (χ4v) is 3.28. The van der Waals surface area contributed by atoms with E-state index >= 15 is 0 Å². The summed E-state index contributed by atoms with van der Waals surface area (Å²) in [5.74, 6) is 0. The average Bonchev–Trinajstić information content (AvgIpc) is 3.17. The minimum absolute atomic E-state index is 0.377. The maximum Gasteiger partial charge on any atom is 0.407 e. The minimum atomic E-state index is -0.377. The average molecular weight is 349 g/mol. The summed E-state index contributed by atoms with van der Waals surface area (Å²) in [5.41, 5.74) is 3.36. The molecule has 0 aliphatic rings. The molecule has 2 aromatic heterocycles. The number of halogens is 1. The zero-order chi connectivity index (χ0) is 16.1. The number of fused-ring (bicyclic) bond motifs is 1. The molecule has 0 unspecified atom stereocenters. The number of aromatic nitrogens is 1. The van der Waals surface area contributed by atoms with Gasteiger partial charge in [-0.3, -0.25) is 0 Å². The third-order valence-corrected chi connectivity index (χ3v) is 4.56. The van der Waals surface area contributed by atoms with Crippen molar-refractivity contribution in [3.05, 3.63) is 57.4 Å². The summed E-state index contributed by atoms with van der Waals surface area (Å²) < 4.78 is 5.17. The number of carbonyl (C=O) groups is 1. The molecule has 2 N–H and O–H groups in total. The largest absolute Gasteiger partial charge is 0.449 e. The van der Waals surface area contributed by atoms with Crippen molar-refractivity contribution in [3.8, 4) is 0 Å². The van der Waals surface area contributed by atoms with E-state index in [0.717, 1.165) is 29.3 Å². The molecule has 0 spiro atoms. The lowest BCUT2D eigenvalue weighted by molar-refractivity contribution is 0.147. The molecule has 1 aromatic carbocycles. The van der Waals surface area contributed by atoms with Crippen LogP contribution in [-0.4, -0.2) is 24.2 Å². The lowest BCUT2D eigenvalue weighted by Crippen LogP contribution is -2.27. The maximum absolute atomic E-state index is 11.7. The van der Waals surface area contributed by atoms with Crippen LogP contribution in [0.2, 0.25) is 5.02 Å². The summed E-state index contributed by atoms with van der Waals surface area (Å²) in [6.07, 6.45) is 3.04. The van der Waals surface area contributed by atoms with Crippen LogP contribution in [0.1, 0.15) is 11.1 Å². The molecular weight excluding hydrogens is 332 g/mol. The van der Waals surface area contributed by atoms with E-state index < -0.39 is 0 Å². The third kappa shape index (κ3) is 4.27. The first-order valence-corrected chi connectivity index (χ1v) is 8.71. The SMILES string of the molecule is O=C(NCCc1c[nH]c2ccc(Cl)cc12)OCCc1ccsc1. The highest BCUT2D eigenvalue weighted by atomic mass is 35.5. The molecule has 1 amide bonds. The van der Waals surface area contributed by atoms with E-state index in [1.54, 1.807) is 11.3 Å². The Balaban J connectivity index is 1.43. The van der Waals surface area contributed by atoms with Gasteiger partial charge in [-0.1, -0.05) is 11.6 Å². The van der Waals surface area contributed by atoms with Gasteiger partial charge in [-0.05, 0) is 52.6 Å². The van der Waals surface area contributed by atoms with Crippen LogP contribution in [-0.2, 0) is 17.6 Å². The number of hydrogen-bond acceptors (Lipinski definition) is 3. The fourth-order valence-electron chi connectivity index (χ4n) is 2.40. The zero-order valence-corrected chi connectivity index (χ0v) is 14.0. The molecule has 120 valence electrons. The second-order valence-corrected chi connectivity index (χ2v) is 6.41. The Morgan fingerprint density at radius 1 is 1.30 bits per heavy atom. The second-order valence-electron chi connectivity index (χ2n) is 5.20. The van der Waals surface area contributed by atoms with Crippen molar-refractivity contribution >= 4 is 39.9 Å². The first kappa shape index (κ1) is 15.9. The van der Waals surface area contributed by atoms with Gasteiger partial charge in [0, 0.05) is 35.1 Å². The van der Waals surface area contributed by atoms with Crippen LogP contribution >= 0.6 is 22.9 Å². The number of rotatable bonds is 6. The molecule has 3 rings (SSSR count). The predicted molar refractivity (Wildman–Crippen MR) is 94.4 cm³/mol. The summed E-state index contributed by atoms with van der Waals surface area (Å²) in [6, 6.07) is 7.77. The quantitative estimate of drug-likeness (QED) is 0.694. The Morgan fingerprint density at radius 2 is 2.22 bits per heavy atom. The number of alkyl carbamates (subject to hydrolysis) is 1. The van der Waals surface area contributed by atoms with Gasteiger partial charge in [-0.2, -0.15) is 11.3 Å². The Hall–Kier alpha value is -1.98. The van der Waals surface area contributed by atoms with Gasteiger partial charge in [-0.25, -0.2) is 4.79 Å². The van der Waals surface area contributed by atoms with Crippen LogP contribution in [0, 0.1) is 0 Å². The van der Waals surface area contributed by atoms with Crippen molar-refractivity contribution in [1.29, 1.82) is 0 Å². The van der Waals surface area contributed by atoms with E-state index in [0.29, 0.717) is 18.2 Å². The van der Waals surface area contributed by atoms with Crippen LogP contribution in [0.25, 0.3) is 10.9 Å². The lowest BCUT2D eigenvalue weighted by atomic mass is 10.1. The van der Waals surface area contributed by atoms with Gasteiger partial charge < -0.3 is 15.0 Å². The Morgan fingerprint density at radius 3 is 3.04 bits per heavy atom. The number of nitrogens with one attached hydrogen (secondary N) is 2. The van der Waals surface area contributed by atoms with Crippen LogP contribution in [0.3, 0.4) is 0 Å². The molecule has 4 nitrogen and oxygen atoms in total. The van der Waals surface area contributed by atoms with Gasteiger partial charge in [0.25, 0.3) is 0 Å². The first-order chi connectivity index (χ1) is 11.2. The summed E-state index contributed by atoms with van der Waals surface area (Å²) in [7, 11) is 0. The molecular formula is C17H17ClN2O2S. The predicted octanol–water partition coefficient (Wildman–Crippen LogP) is 4.39. The number of carbonyl (C=O) groups excluding carboxylic acids is 1. The third-order valence-electron chi connectivity index (χ3n) is 3.60. The van der Waals surface area contributed by atoms with Crippen molar-refractivity contribution in [2.75, 3.05) is 13.2 Å². The smallest absolute Gasteiger partial charge is 0.407 e. The number of amides is 1. The summed E-state index contributed by atoms with van der Waals surface area (Å²) in [5, 5.41) is 8.65. The maximum atomic E-state index is 11.7. The number of thiophene rings is 1. The van der Waals surface area contributed by atoms with Crippen LogP contribution in [0.4, 0.5) is 4.79 Å². The molecule has 3 aromatic rings. The lowest BCUT2D eigenvalue weighted by Gasteiger charge is -2.06. The van der Waals surface area contributed by atoms with Crippen molar-refractivity contribution in [2.24, 2.45) is 0 Å². The summed E-state index contributed by atoms with van der Waals surface area (Å²) >= 11 is 7.67. The van der Waals surface area contributed by atoms with Gasteiger partial charge in [0.2, 0.25) is 0 Å². The number of ether oxygens (including phenoxy) is 1. The van der Waals surface area contributed by atoms with Gasteiger partial charge in [-0.15, -0.1) is 0 Å². The highest BCUT2D eigenvalue weighted by molar-refractivity contribution is 7.07. The topological polar surface area (TPSA) is 54.1 Å². The van der Waals surface area contributed by atoms with E-state index in [1.807, 2.05) is 35.8 Å². The van der Waals surface area contributed by atoms with Crippen LogP contribution in [0.15, 0.2) is 41.2 Å². The van der Waals surface area contributed by atoms with E-state index in [9.17, 15) is 4.79 Å². The number of aromatic amines is 1. The fraction of sp³-hybridized carbons (Fsp3) is 0.235. The molecule has 2 heterocycles. The molecule has 0 aliphatic carbocycles. The second kappa shape index (κ2) is 7.53.